The minimum absolute atomic E-state index is 0.0634. The first-order valence-corrected chi connectivity index (χ1v) is 8.61. The van der Waals surface area contributed by atoms with Gasteiger partial charge in [-0.05, 0) is 41.1 Å². The average molecular weight is 397 g/mol. The number of hydrogen-bond acceptors (Lipinski definition) is 5. The molecular weight excluding hydrogens is 376 g/mol. The van der Waals surface area contributed by atoms with Crippen molar-refractivity contribution >= 4 is 21.9 Å². The molecule has 0 spiro atoms. The van der Waals surface area contributed by atoms with Crippen molar-refractivity contribution in [1.82, 2.24) is 9.47 Å². The fourth-order valence-corrected chi connectivity index (χ4v) is 3.55. The summed E-state index contributed by atoms with van der Waals surface area (Å²) in [5, 5.41) is 0. The summed E-state index contributed by atoms with van der Waals surface area (Å²) in [6.07, 6.45) is -0.0634. The zero-order chi connectivity index (χ0) is 17.3. The van der Waals surface area contributed by atoms with Gasteiger partial charge in [-0.1, -0.05) is 0 Å². The number of carbonyl (C=O) groups is 1. The van der Waals surface area contributed by atoms with Gasteiger partial charge in [0.2, 0.25) is 0 Å². The van der Waals surface area contributed by atoms with E-state index in [1.54, 1.807) is 6.07 Å². The van der Waals surface area contributed by atoms with Crippen LogP contribution in [0.15, 0.2) is 27.1 Å². The number of halogens is 1. The fourth-order valence-electron chi connectivity index (χ4n) is 2.94. The Bertz CT molecular complexity index is 737. The number of rotatable bonds is 4. The Morgan fingerprint density at radius 1 is 1.46 bits per heavy atom. The van der Waals surface area contributed by atoms with E-state index >= 15 is 0 Å². The summed E-state index contributed by atoms with van der Waals surface area (Å²) in [7, 11) is 3.26. The number of aromatic nitrogens is 1. The van der Waals surface area contributed by atoms with Gasteiger partial charge < -0.3 is 18.5 Å². The molecule has 2 aromatic rings. The zero-order valence-corrected chi connectivity index (χ0v) is 15.6. The standard InChI is InChI=1S/C17H21BrN2O4/c1-11-4-5-15(24-11)16-10-20(6-7-23-16)9-14-12(18)8-13(19(14)2)17(21)22-3/h4-5,8,16H,6-7,9-10H2,1-3H3/t16-/m1/s1. The molecule has 0 amide bonds. The largest absolute Gasteiger partial charge is 0.464 e. The summed E-state index contributed by atoms with van der Waals surface area (Å²) < 4.78 is 19.1. The second-order valence-corrected chi connectivity index (χ2v) is 6.77. The highest BCUT2D eigenvalue weighted by Gasteiger charge is 2.26. The molecule has 0 radical (unpaired) electrons. The van der Waals surface area contributed by atoms with E-state index in [2.05, 4.69) is 20.8 Å². The third-order valence-corrected chi connectivity index (χ3v) is 4.99. The summed E-state index contributed by atoms with van der Waals surface area (Å²) in [5.74, 6) is 1.41. The molecule has 0 saturated carbocycles. The lowest BCUT2D eigenvalue weighted by atomic mass is 10.2. The molecule has 0 N–H and O–H groups in total. The molecule has 130 valence electrons. The number of aryl methyl sites for hydroxylation is 1. The molecule has 1 aliphatic rings. The molecule has 3 rings (SSSR count). The van der Waals surface area contributed by atoms with Crippen LogP contribution in [-0.2, 0) is 23.1 Å². The van der Waals surface area contributed by atoms with Crippen molar-refractivity contribution < 1.29 is 18.7 Å². The van der Waals surface area contributed by atoms with Crippen LogP contribution < -0.4 is 0 Å². The van der Waals surface area contributed by atoms with Crippen molar-refractivity contribution in [2.45, 2.75) is 19.6 Å². The summed E-state index contributed by atoms with van der Waals surface area (Å²) in [6.45, 7) is 4.88. The fraction of sp³-hybridized carbons (Fsp3) is 0.471. The molecule has 0 aromatic carbocycles. The van der Waals surface area contributed by atoms with Gasteiger partial charge in [-0.15, -0.1) is 0 Å². The molecule has 1 saturated heterocycles. The Hall–Kier alpha value is -1.57. The van der Waals surface area contributed by atoms with Gasteiger partial charge in [-0.3, -0.25) is 4.90 Å². The predicted octanol–water partition coefficient (Wildman–Crippen LogP) is 3.05. The van der Waals surface area contributed by atoms with E-state index in [4.69, 9.17) is 13.9 Å². The number of furan rings is 1. The lowest BCUT2D eigenvalue weighted by Crippen LogP contribution is -2.38. The van der Waals surface area contributed by atoms with Crippen LogP contribution in [0.5, 0.6) is 0 Å². The molecule has 24 heavy (non-hydrogen) atoms. The van der Waals surface area contributed by atoms with Crippen molar-refractivity contribution in [2.75, 3.05) is 26.8 Å². The van der Waals surface area contributed by atoms with E-state index in [1.165, 1.54) is 7.11 Å². The SMILES string of the molecule is COC(=O)c1cc(Br)c(CN2CCO[C@@H](c3ccc(C)o3)C2)n1C. The van der Waals surface area contributed by atoms with Crippen molar-refractivity contribution in [3.63, 3.8) is 0 Å². The Balaban J connectivity index is 1.74. The summed E-state index contributed by atoms with van der Waals surface area (Å²) in [5.41, 5.74) is 1.57. The van der Waals surface area contributed by atoms with Gasteiger partial charge in [0.25, 0.3) is 0 Å². The Morgan fingerprint density at radius 2 is 2.25 bits per heavy atom. The first kappa shape index (κ1) is 17.3. The van der Waals surface area contributed by atoms with Gasteiger partial charge in [0.1, 0.15) is 23.3 Å². The van der Waals surface area contributed by atoms with Crippen molar-refractivity contribution in [3.05, 3.63) is 45.6 Å². The number of morpholine rings is 1. The van der Waals surface area contributed by atoms with Crippen LogP contribution >= 0.6 is 15.9 Å². The normalized spacial score (nSPS) is 18.8. The number of methoxy groups -OCH3 is 1. The molecule has 0 aliphatic carbocycles. The zero-order valence-electron chi connectivity index (χ0n) is 14.0. The van der Waals surface area contributed by atoms with Crippen molar-refractivity contribution in [1.29, 1.82) is 0 Å². The number of esters is 1. The third kappa shape index (κ3) is 3.43. The van der Waals surface area contributed by atoms with E-state index in [0.29, 0.717) is 18.8 Å². The first-order valence-electron chi connectivity index (χ1n) is 7.82. The maximum Gasteiger partial charge on any atom is 0.354 e. The molecule has 0 bridgehead atoms. The van der Waals surface area contributed by atoms with Crippen LogP contribution in [0.2, 0.25) is 0 Å². The molecule has 0 unspecified atom stereocenters. The molecule has 7 heteroatoms. The smallest absolute Gasteiger partial charge is 0.354 e. The van der Waals surface area contributed by atoms with Gasteiger partial charge in [0, 0.05) is 36.8 Å². The highest BCUT2D eigenvalue weighted by molar-refractivity contribution is 9.10. The maximum atomic E-state index is 11.8. The summed E-state index contributed by atoms with van der Waals surface area (Å²) in [4.78, 5) is 14.1. The minimum Gasteiger partial charge on any atom is -0.464 e. The summed E-state index contributed by atoms with van der Waals surface area (Å²) >= 11 is 3.55. The Morgan fingerprint density at radius 3 is 2.92 bits per heavy atom. The average Bonchev–Trinajstić information content (AvgIpc) is 3.13. The number of ether oxygens (including phenoxy) is 2. The highest BCUT2D eigenvalue weighted by atomic mass is 79.9. The van der Waals surface area contributed by atoms with Gasteiger partial charge in [-0.25, -0.2) is 4.79 Å². The first-order chi connectivity index (χ1) is 11.5. The quantitative estimate of drug-likeness (QED) is 0.743. The number of nitrogens with zero attached hydrogens (tertiary/aromatic N) is 2. The van der Waals surface area contributed by atoms with Crippen molar-refractivity contribution in [3.8, 4) is 0 Å². The Labute approximate surface area is 149 Å². The lowest BCUT2D eigenvalue weighted by molar-refractivity contribution is -0.0436. The predicted molar refractivity (Wildman–Crippen MR) is 91.9 cm³/mol. The topological polar surface area (TPSA) is 56.8 Å². The van der Waals surface area contributed by atoms with Gasteiger partial charge >= 0.3 is 5.97 Å². The third-order valence-electron chi connectivity index (χ3n) is 4.30. The molecule has 6 nitrogen and oxygen atoms in total. The van der Waals surface area contributed by atoms with Gasteiger partial charge in [-0.2, -0.15) is 0 Å². The van der Waals surface area contributed by atoms with Crippen LogP contribution in [0.4, 0.5) is 0 Å². The molecule has 2 aromatic heterocycles. The molecule has 1 aliphatic heterocycles. The molecule has 3 heterocycles. The van der Waals surface area contributed by atoms with E-state index in [1.807, 2.05) is 30.7 Å². The van der Waals surface area contributed by atoms with Crippen LogP contribution in [0.1, 0.15) is 33.8 Å². The van der Waals surface area contributed by atoms with Crippen LogP contribution in [0, 0.1) is 6.92 Å². The maximum absolute atomic E-state index is 11.8. The molecular formula is C17H21BrN2O4. The van der Waals surface area contributed by atoms with Crippen LogP contribution in [0.25, 0.3) is 0 Å². The second kappa shape index (κ2) is 7.13. The highest BCUT2D eigenvalue weighted by Crippen LogP contribution is 2.27. The molecule has 1 fully saturated rings. The number of hydrogen-bond donors (Lipinski definition) is 0. The van der Waals surface area contributed by atoms with Gasteiger partial charge in [0.15, 0.2) is 0 Å². The second-order valence-electron chi connectivity index (χ2n) is 5.92. The van der Waals surface area contributed by atoms with Crippen LogP contribution in [0.3, 0.4) is 0 Å². The monoisotopic (exact) mass is 396 g/mol. The summed E-state index contributed by atoms with van der Waals surface area (Å²) in [6, 6.07) is 5.72. The lowest BCUT2D eigenvalue weighted by Gasteiger charge is -2.32. The van der Waals surface area contributed by atoms with E-state index in [0.717, 1.165) is 34.8 Å². The van der Waals surface area contributed by atoms with E-state index < -0.39 is 0 Å². The van der Waals surface area contributed by atoms with Crippen molar-refractivity contribution in [2.24, 2.45) is 7.05 Å². The molecule has 1 atom stereocenters. The van der Waals surface area contributed by atoms with E-state index in [9.17, 15) is 4.79 Å². The number of carbonyl (C=O) groups excluding carboxylic acids is 1. The van der Waals surface area contributed by atoms with E-state index in [-0.39, 0.29) is 12.1 Å². The van der Waals surface area contributed by atoms with Gasteiger partial charge in [0.05, 0.1) is 13.7 Å². The Kier molecular flexibility index (Phi) is 5.12. The van der Waals surface area contributed by atoms with Crippen LogP contribution in [-0.4, -0.2) is 42.2 Å². The minimum atomic E-state index is -0.338.